The number of unbranched alkanes of at least 4 members (excludes halogenated alkanes) is 6. The Bertz CT molecular complexity index is 1540. The molecule has 5 aliphatic carbocycles. The zero-order valence-electron chi connectivity index (χ0n) is 30.5. The first-order valence-electron chi connectivity index (χ1n) is 19.9. The molecule has 0 spiro atoms. The molecule has 1 saturated heterocycles. The van der Waals surface area contributed by atoms with Gasteiger partial charge in [-0.3, -0.25) is 0 Å². The molecule has 0 N–H and O–H groups in total. The van der Waals surface area contributed by atoms with Gasteiger partial charge in [-0.15, -0.1) is 0 Å². The molecule has 1 aromatic rings. The quantitative estimate of drug-likeness (QED) is 0.154. The number of para-hydroxylation sites is 1. The molecule has 2 heterocycles. The number of fused-ring (bicyclic) bond motifs is 8. The average molecular weight is 660 g/mol. The molecular formula is C45H61NOSi. The van der Waals surface area contributed by atoms with Crippen molar-refractivity contribution in [3.05, 3.63) is 101 Å². The first kappa shape index (κ1) is 32.8. The summed E-state index contributed by atoms with van der Waals surface area (Å²) in [6.07, 6.45) is 38.0. The van der Waals surface area contributed by atoms with Gasteiger partial charge in [0, 0.05) is 37.2 Å². The van der Waals surface area contributed by atoms with Crippen LogP contribution < -0.4 is 4.90 Å². The molecule has 2 nitrogen and oxygen atoms in total. The van der Waals surface area contributed by atoms with E-state index in [1.807, 2.05) is 5.20 Å². The Morgan fingerprint density at radius 3 is 2.33 bits per heavy atom. The third-order valence-electron chi connectivity index (χ3n) is 14.0. The zero-order valence-corrected chi connectivity index (χ0v) is 31.5. The third-order valence-corrected chi connectivity index (χ3v) is 20.6. The molecule has 3 fully saturated rings. The fraction of sp³-hybridized carbons (Fsp3) is 0.600. The molecule has 11 atom stereocenters. The van der Waals surface area contributed by atoms with E-state index in [1.54, 1.807) is 11.1 Å². The molecule has 2 aliphatic heterocycles. The molecule has 0 radical (unpaired) electrons. The minimum Gasteiger partial charge on any atom is -0.376 e. The number of anilines is 1. The van der Waals surface area contributed by atoms with Crippen LogP contribution in [0.2, 0.25) is 17.1 Å². The Labute approximate surface area is 293 Å². The molecule has 0 aromatic heterocycles. The van der Waals surface area contributed by atoms with Crippen LogP contribution in [-0.4, -0.2) is 33.4 Å². The van der Waals surface area contributed by atoms with Crippen LogP contribution in [0.4, 0.5) is 5.69 Å². The number of hydrogen-bond donors (Lipinski definition) is 0. The average Bonchev–Trinajstić information content (AvgIpc) is 3.69. The van der Waals surface area contributed by atoms with Crippen LogP contribution in [-0.2, 0) is 4.74 Å². The number of benzene rings is 1. The van der Waals surface area contributed by atoms with E-state index in [0.717, 1.165) is 23.6 Å². The van der Waals surface area contributed by atoms with E-state index in [-0.39, 0.29) is 5.60 Å². The predicted molar refractivity (Wildman–Crippen MR) is 206 cm³/mol. The van der Waals surface area contributed by atoms with E-state index in [9.17, 15) is 0 Å². The van der Waals surface area contributed by atoms with Crippen molar-refractivity contribution in [1.29, 1.82) is 0 Å². The van der Waals surface area contributed by atoms with Crippen LogP contribution in [0, 0.1) is 35.5 Å². The summed E-state index contributed by atoms with van der Waals surface area (Å²) >= 11 is 0. The van der Waals surface area contributed by atoms with Crippen molar-refractivity contribution in [3.8, 4) is 0 Å². The van der Waals surface area contributed by atoms with Crippen molar-refractivity contribution in [3.63, 3.8) is 0 Å². The molecule has 8 rings (SSSR count). The molecule has 48 heavy (non-hydrogen) atoms. The van der Waals surface area contributed by atoms with Crippen molar-refractivity contribution in [1.82, 2.24) is 0 Å². The van der Waals surface area contributed by atoms with Gasteiger partial charge in [-0.05, 0) is 92.3 Å². The van der Waals surface area contributed by atoms with Gasteiger partial charge in [0.25, 0.3) is 0 Å². The van der Waals surface area contributed by atoms with E-state index in [1.165, 1.54) is 69.5 Å². The van der Waals surface area contributed by atoms with Crippen LogP contribution >= 0.6 is 0 Å². The number of rotatable bonds is 13. The molecule has 7 aliphatic rings. The lowest BCUT2D eigenvalue weighted by Gasteiger charge is -2.62. The Morgan fingerprint density at radius 2 is 1.50 bits per heavy atom. The van der Waals surface area contributed by atoms with E-state index >= 15 is 0 Å². The van der Waals surface area contributed by atoms with Crippen molar-refractivity contribution in [2.24, 2.45) is 35.5 Å². The molecule has 11 unspecified atom stereocenters. The van der Waals surface area contributed by atoms with Gasteiger partial charge in [-0.25, -0.2) is 0 Å². The van der Waals surface area contributed by atoms with Crippen LogP contribution in [0.5, 0.6) is 0 Å². The Balaban J connectivity index is 1.17. The van der Waals surface area contributed by atoms with E-state index in [0.29, 0.717) is 41.5 Å². The highest BCUT2D eigenvalue weighted by Crippen LogP contribution is 2.79. The van der Waals surface area contributed by atoms with Crippen LogP contribution in [0.1, 0.15) is 97.0 Å². The molecule has 0 bridgehead atoms. The van der Waals surface area contributed by atoms with Crippen molar-refractivity contribution in [2.75, 3.05) is 18.6 Å². The van der Waals surface area contributed by atoms with Gasteiger partial charge in [0.2, 0.25) is 0 Å². The van der Waals surface area contributed by atoms with Gasteiger partial charge in [0.1, 0.15) is 0 Å². The predicted octanol–water partition coefficient (Wildman–Crippen LogP) is 11.5. The number of nitrogens with zero attached hydrogens (tertiary/aromatic N) is 1. The smallest absolute Gasteiger partial charge is 0.0905 e. The van der Waals surface area contributed by atoms with Gasteiger partial charge < -0.3 is 9.64 Å². The highest BCUT2D eigenvalue weighted by molar-refractivity contribution is 6.93. The third kappa shape index (κ3) is 5.27. The minimum absolute atomic E-state index is 0.0342. The summed E-state index contributed by atoms with van der Waals surface area (Å²) in [6, 6.07) is 11.6. The van der Waals surface area contributed by atoms with E-state index in [4.69, 9.17) is 4.74 Å². The zero-order chi connectivity index (χ0) is 33.0. The SMILES string of the molecule is CCCCCCC1=CC2C(C=C1)C1C=CC=CC1C2[Si]1(CCCCCCOC(C)(C)C)C2=CC=CC3C2C1C1c2ccccc2N(C)C31. The van der Waals surface area contributed by atoms with E-state index in [2.05, 4.69) is 125 Å². The number of allylic oxidation sites excluding steroid dienone is 11. The standard InChI is InChI=1S/C45H61NOSi/c1-6-7-8-11-19-31-26-27-33-32-20-12-13-21-34(32)43(37(33)30-31)48(29-17-10-9-16-28-47-45(2,3)4)39-25-18-23-36-40(39)44(48)41-35-22-14-15-24-38(35)46(5)42(36)41/h12-15,18,20-27,30,32-34,36-37,40-44H,6-11,16-17,19,28-29H2,1-5H3. The van der Waals surface area contributed by atoms with Gasteiger partial charge in [0.15, 0.2) is 0 Å². The number of likely N-dealkylation sites (N-methyl/N-ethyl adjacent to an activating group) is 1. The Morgan fingerprint density at radius 1 is 0.750 bits per heavy atom. The molecule has 256 valence electrons. The van der Waals surface area contributed by atoms with Crippen molar-refractivity contribution < 1.29 is 4.74 Å². The largest absolute Gasteiger partial charge is 0.376 e. The molecule has 0 amide bonds. The molecular weight excluding hydrogens is 599 g/mol. The molecule has 3 heteroatoms. The minimum atomic E-state index is -1.94. The maximum Gasteiger partial charge on any atom is 0.0905 e. The summed E-state index contributed by atoms with van der Waals surface area (Å²) in [5.74, 6) is 4.79. The molecule has 2 saturated carbocycles. The lowest BCUT2D eigenvalue weighted by molar-refractivity contribution is -0.00471. The summed E-state index contributed by atoms with van der Waals surface area (Å²) in [5, 5.41) is 1.98. The van der Waals surface area contributed by atoms with Gasteiger partial charge in [-0.1, -0.05) is 141 Å². The van der Waals surface area contributed by atoms with Crippen LogP contribution in [0.3, 0.4) is 0 Å². The summed E-state index contributed by atoms with van der Waals surface area (Å²) in [5.41, 5.74) is 6.46. The second-order valence-corrected chi connectivity index (χ2v) is 22.0. The number of ether oxygens (including phenoxy) is 1. The van der Waals surface area contributed by atoms with Crippen molar-refractivity contribution in [2.45, 2.75) is 120 Å². The van der Waals surface area contributed by atoms with E-state index < -0.39 is 8.07 Å². The normalized spacial score (nSPS) is 37.8. The van der Waals surface area contributed by atoms with Crippen LogP contribution in [0.25, 0.3) is 0 Å². The lowest BCUT2D eigenvalue weighted by atomic mass is 9.81. The summed E-state index contributed by atoms with van der Waals surface area (Å²) in [6.45, 7) is 9.79. The summed E-state index contributed by atoms with van der Waals surface area (Å²) in [4.78, 5) is 2.71. The maximum atomic E-state index is 6.12. The highest BCUT2D eigenvalue weighted by Gasteiger charge is 2.76. The first-order chi connectivity index (χ1) is 23.3. The second-order valence-electron chi connectivity index (χ2n) is 17.5. The summed E-state index contributed by atoms with van der Waals surface area (Å²) < 4.78 is 6.12. The monoisotopic (exact) mass is 659 g/mol. The topological polar surface area (TPSA) is 12.5 Å². The van der Waals surface area contributed by atoms with Gasteiger partial charge in [-0.2, -0.15) is 0 Å². The lowest BCUT2D eigenvalue weighted by Crippen LogP contribution is -2.63. The number of hydrogen-bond acceptors (Lipinski definition) is 2. The van der Waals surface area contributed by atoms with Gasteiger partial charge in [0.05, 0.1) is 13.7 Å². The highest BCUT2D eigenvalue weighted by atomic mass is 28.3. The fourth-order valence-corrected chi connectivity index (χ4v) is 20.6. The summed E-state index contributed by atoms with van der Waals surface area (Å²) in [7, 11) is 0.472. The molecule has 1 aromatic carbocycles. The fourth-order valence-electron chi connectivity index (χ4n) is 12.4. The Kier molecular flexibility index (Phi) is 8.94. The maximum absolute atomic E-state index is 6.12. The first-order valence-corrected chi connectivity index (χ1v) is 22.3. The second kappa shape index (κ2) is 13.1. The van der Waals surface area contributed by atoms with Crippen molar-refractivity contribution >= 4 is 13.8 Å². The van der Waals surface area contributed by atoms with Gasteiger partial charge >= 0.3 is 0 Å². The van der Waals surface area contributed by atoms with Crippen LogP contribution in [0.15, 0.2) is 95.8 Å². The Hall–Kier alpha value is -2.36.